The lowest BCUT2D eigenvalue weighted by Gasteiger charge is -2.18. The smallest absolute Gasteiger partial charge is 0.306 e. The topological polar surface area (TPSA) is 78.9 Å². The van der Waals surface area contributed by atoms with Crippen LogP contribution >= 0.6 is 0 Å². The van der Waals surface area contributed by atoms with Crippen molar-refractivity contribution in [2.45, 2.75) is 335 Å². The molecule has 0 rings (SSSR count). The molecule has 0 aromatic rings. The van der Waals surface area contributed by atoms with Crippen molar-refractivity contribution in [3.8, 4) is 0 Å². The van der Waals surface area contributed by atoms with E-state index in [0.29, 0.717) is 25.7 Å². The van der Waals surface area contributed by atoms with Gasteiger partial charge in [-0.25, -0.2) is 0 Å². The molecule has 0 saturated heterocycles. The second-order valence-corrected chi connectivity index (χ2v) is 21.0. The summed E-state index contributed by atoms with van der Waals surface area (Å²) in [6.07, 6.45) is 74.0. The van der Waals surface area contributed by atoms with E-state index in [2.05, 4.69) is 69.4 Å². The lowest BCUT2D eigenvalue weighted by molar-refractivity contribution is -0.167. The van der Waals surface area contributed by atoms with Gasteiger partial charge in [-0.2, -0.15) is 0 Å². The summed E-state index contributed by atoms with van der Waals surface area (Å²) in [5, 5.41) is 0. The minimum atomic E-state index is -0.795. The average molecular weight is 996 g/mol. The molecule has 1 unspecified atom stereocenters. The Balaban J connectivity index is 4.42. The molecule has 71 heavy (non-hydrogen) atoms. The highest BCUT2D eigenvalue weighted by Gasteiger charge is 2.19. The van der Waals surface area contributed by atoms with E-state index in [9.17, 15) is 14.4 Å². The van der Waals surface area contributed by atoms with Crippen LogP contribution in [0.3, 0.4) is 0 Å². The third-order valence-corrected chi connectivity index (χ3v) is 13.8. The van der Waals surface area contributed by atoms with Gasteiger partial charge >= 0.3 is 17.9 Å². The maximum Gasteiger partial charge on any atom is 0.306 e. The van der Waals surface area contributed by atoms with Gasteiger partial charge in [-0.15, -0.1) is 0 Å². The lowest BCUT2D eigenvalue weighted by atomic mass is 10.0. The van der Waals surface area contributed by atoms with Gasteiger partial charge in [0.15, 0.2) is 6.10 Å². The summed E-state index contributed by atoms with van der Waals surface area (Å²) in [4.78, 5) is 38.2. The van der Waals surface area contributed by atoms with Crippen molar-refractivity contribution < 1.29 is 28.6 Å². The molecule has 1 atom stereocenters. The summed E-state index contributed by atoms with van der Waals surface area (Å²) in [5.74, 6) is -0.932. The molecule has 414 valence electrons. The van der Waals surface area contributed by atoms with Gasteiger partial charge in [0.05, 0.1) is 0 Å². The van der Waals surface area contributed by atoms with Crippen LogP contribution in [0.15, 0.2) is 48.6 Å². The van der Waals surface area contributed by atoms with Crippen LogP contribution in [-0.4, -0.2) is 37.2 Å². The number of hydrogen-bond donors (Lipinski definition) is 0. The first-order valence-corrected chi connectivity index (χ1v) is 31.1. The summed E-state index contributed by atoms with van der Waals surface area (Å²) in [5.41, 5.74) is 0. The van der Waals surface area contributed by atoms with Crippen molar-refractivity contribution in [2.75, 3.05) is 13.2 Å². The van der Waals surface area contributed by atoms with Gasteiger partial charge in [0.1, 0.15) is 13.2 Å². The molecule has 0 saturated carbocycles. The summed E-state index contributed by atoms with van der Waals surface area (Å²) >= 11 is 0. The highest BCUT2D eigenvalue weighted by Crippen LogP contribution is 2.17. The molecular weight excluding hydrogens is 877 g/mol. The van der Waals surface area contributed by atoms with Crippen LogP contribution in [0, 0.1) is 0 Å². The lowest BCUT2D eigenvalue weighted by Crippen LogP contribution is -2.30. The first-order chi connectivity index (χ1) is 35.0. The molecule has 0 aromatic heterocycles. The van der Waals surface area contributed by atoms with Gasteiger partial charge in [0, 0.05) is 19.3 Å². The minimum absolute atomic E-state index is 0.0897. The third kappa shape index (κ3) is 58.1. The van der Waals surface area contributed by atoms with E-state index < -0.39 is 6.10 Å². The third-order valence-electron chi connectivity index (χ3n) is 13.8. The molecular formula is C65H118O6. The van der Waals surface area contributed by atoms with Crippen LogP contribution in [0.2, 0.25) is 0 Å². The van der Waals surface area contributed by atoms with E-state index in [4.69, 9.17) is 14.2 Å². The van der Waals surface area contributed by atoms with E-state index in [-0.39, 0.29) is 31.1 Å². The summed E-state index contributed by atoms with van der Waals surface area (Å²) in [6.45, 7) is 6.63. The molecule has 6 nitrogen and oxygen atoms in total. The Hall–Kier alpha value is -2.63. The number of esters is 3. The Bertz CT molecular complexity index is 1230. The standard InChI is InChI=1S/C65H118O6/c1-4-7-10-13-16-19-22-25-28-31-34-37-40-43-46-49-52-55-58-64(67)70-61-62(60-69-63(66)57-54-51-48-45-42-39-36-33-30-27-24-21-18-15-12-9-6-3)71-65(68)59-56-53-50-47-44-41-38-35-32-29-26-23-20-17-14-11-8-5-2/h27,30,34,36-37,39,45,48,62H,4-26,28-29,31-33,35,38,40-44,46-47,49-61H2,1-3H3/b30-27-,37-34-,39-36-,48-45-. The first kappa shape index (κ1) is 68.4. The highest BCUT2D eigenvalue weighted by molar-refractivity contribution is 5.71. The Morgan fingerprint density at radius 1 is 0.282 bits per heavy atom. The highest BCUT2D eigenvalue weighted by atomic mass is 16.6. The number of carbonyl (C=O) groups excluding carboxylic acids is 3. The quantitative estimate of drug-likeness (QED) is 0.0261. The number of hydrogen-bond acceptors (Lipinski definition) is 6. The van der Waals surface area contributed by atoms with Gasteiger partial charge in [-0.1, -0.05) is 281 Å². The Kier molecular flexibility index (Phi) is 57.7. The number of carbonyl (C=O) groups is 3. The Labute approximate surface area is 441 Å². The van der Waals surface area contributed by atoms with E-state index >= 15 is 0 Å². The monoisotopic (exact) mass is 995 g/mol. The zero-order valence-electron chi connectivity index (χ0n) is 47.5. The molecule has 0 aliphatic heterocycles. The molecule has 0 bridgehead atoms. The normalized spacial score (nSPS) is 12.3. The van der Waals surface area contributed by atoms with Crippen molar-refractivity contribution in [1.29, 1.82) is 0 Å². The van der Waals surface area contributed by atoms with E-state index in [1.807, 2.05) is 0 Å². The number of ether oxygens (including phenoxy) is 3. The first-order valence-electron chi connectivity index (χ1n) is 31.1. The van der Waals surface area contributed by atoms with Gasteiger partial charge in [-0.3, -0.25) is 14.4 Å². The summed E-state index contributed by atoms with van der Waals surface area (Å²) in [6, 6.07) is 0. The molecule has 0 aromatic carbocycles. The molecule has 0 heterocycles. The molecule has 6 heteroatoms. The van der Waals surface area contributed by atoms with Gasteiger partial charge in [0.2, 0.25) is 0 Å². The number of rotatable bonds is 57. The van der Waals surface area contributed by atoms with Crippen molar-refractivity contribution in [2.24, 2.45) is 0 Å². The Morgan fingerprint density at radius 2 is 0.521 bits per heavy atom. The summed E-state index contributed by atoms with van der Waals surface area (Å²) < 4.78 is 16.9. The molecule has 0 N–H and O–H groups in total. The molecule has 0 fully saturated rings. The average Bonchev–Trinajstić information content (AvgIpc) is 3.37. The van der Waals surface area contributed by atoms with Crippen LogP contribution in [0.4, 0.5) is 0 Å². The van der Waals surface area contributed by atoms with E-state index in [0.717, 1.165) is 64.2 Å². The fourth-order valence-electron chi connectivity index (χ4n) is 9.10. The molecule has 0 radical (unpaired) electrons. The van der Waals surface area contributed by atoms with Crippen LogP contribution in [0.5, 0.6) is 0 Å². The van der Waals surface area contributed by atoms with Crippen molar-refractivity contribution in [3.05, 3.63) is 48.6 Å². The molecule has 0 spiro atoms. The maximum absolute atomic E-state index is 12.9. The fraction of sp³-hybridized carbons (Fsp3) is 0.831. The predicted molar refractivity (Wildman–Crippen MR) is 307 cm³/mol. The van der Waals surface area contributed by atoms with Crippen LogP contribution < -0.4 is 0 Å². The fourth-order valence-corrected chi connectivity index (χ4v) is 9.10. The minimum Gasteiger partial charge on any atom is -0.462 e. The number of allylic oxidation sites excluding steroid dienone is 8. The van der Waals surface area contributed by atoms with Crippen molar-refractivity contribution >= 4 is 17.9 Å². The largest absolute Gasteiger partial charge is 0.462 e. The predicted octanol–water partition coefficient (Wildman–Crippen LogP) is 21.0. The van der Waals surface area contributed by atoms with Gasteiger partial charge in [-0.05, 0) is 77.0 Å². The SMILES string of the molecule is CCCCCCCC/C=C\C/C=C\C/C=C\CCCC(=O)OCC(COC(=O)CCCCCCC/C=C\CCCCCCCCCCC)OC(=O)CCCCCCCCCCCCCCCCCCCC. The summed E-state index contributed by atoms with van der Waals surface area (Å²) in [7, 11) is 0. The molecule has 0 amide bonds. The van der Waals surface area contributed by atoms with E-state index in [1.165, 1.54) is 218 Å². The van der Waals surface area contributed by atoms with Crippen LogP contribution in [0.25, 0.3) is 0 Å². The molecule has 0 aliphatic carbocycles. The molecule has 0 aliphatic rings. The maximum atomic E-state index is 12.9. The van der Waals surface area contributed by atoms with Gasteiger partial charge in [0.25, 0.3) is 0 Å². The second-order valence-electron chi connectivity index (χ2n) is 21.0. The van der Waals surface area contributed by atoms with Crippen molar-refractivity contribution in [3.63, 3.8) is 0 Å². The van der Waals surface area contributed by atoms with Gasteiger partial charge < -0.3 is 14.2 Å². The van der Waals surface area contributed by atoms with E-state index in [1.54, 1.807) is 0 Å². The zero-order chi connectivity index (χ0) is 51.4. The van der Waals surface area contributed by atoms with Crippen molar-refractivity contribution in [1.82, 2.24) is 0 Å². The second kappa shape index (κ2) is 59.9. The number of unbranched alkanes of at least 4 members (excludes halogenated alkanes) is 38. The zero-order valence-corrected chi connectivity index (χ0v) is 47.5. The Morgan fingerprint density at radius 3 is 0.859 bits per heavy atom. The van der Waals surface area contributed by atoms with Crippen LogP contribution in [0.1, 0.15) is 329 Å². The van der Waals surface area contributed by atoms with Crippen LogP contribution in [-0.2, 0) is 28.6 Å².